The summed E-state index contributed by atoms with van der Waals surface area (Å²) in [6.45, 7) is 4.45. The Hall–Kier alpha value is -0.790. The van der Waals surface area contributed by atoms with Gasteiger partial charge in [-0.15, -0.1) is 0 Å². The smallest absolute Gasteiger partial charge is 0.127 e. The molecule has 2 rings (SSSR count). The molecule has 0 amide bonds. The molecule has 0 unspecified atom stereocenters. The van der Waals surface area contributed by atoms with Gasteiger partial charge in [-0.1, -0.05) is 25.4 Å². The Balaban J connectivity index is 2.24. The predicted octanol–water partition coefficient (Wildman–Crippen LogP) is 2.68. The van der Waals surface area contributed by atoms with Crippen molar-refractivity contribution in [1.82, 2.24) is 5.16 Å². The van der Waals surface area contributed by atoms with Gasteiger partial charge in [0.05, 0.1) is 5.69 Å². The lowest BCUT2D eigenvalue weighted by Gasteiger charge is -2.04. The molecule has 0 atom stereocenters. The first kappa shape index (κ1) is 7.84. The fraction of sp³-hybridized carbons (Fsp3) is 0.700. The minimum atomic E-state index is 0.359. The van der Waals surface area contributed by atoms with Crippen molar-refractivity contribution in [2.45, 2.75) is 44.9 Å². The zero-order chi connectivity index (χ0) is 8.60. The highest BCUT2D eigenvalue weighted by Crippen LogP contribution is 2.48. The van der Waals surface area contributed by atoms with Crippen LogP contribution in [0.4, 0.5) is 0 Å². The molecule has 0 radical (unpaired) electrons. The third-order valence-electron chi connectivity index (χ3n) is 2.73. The van der Waals surface area contributed by atoms with Crippen molar-refractivity contribution >= 4 is 0 Å². The maximum atomic E-state index is 5.01. The maximum absolute atomic E-state index is 5.01. The standard InChI is InChI=1S/C10H15NO/c1-3-4-8-7-12-11-9(8)10(2)5-6-10/h7H,3-6H2,1-2H3. The van der Waals surface area contributed by atoms with Crippen LogP contribution < -0.4 is 0 Å². The Kier molecular flexibility index (Phi) is 1.71. The van der Waals surface area contributed by atoms with E-state index >= 15 is 0 Å². The third kappa shape index (κ3) is 1.15. The van der Waals surface area contributed by atoms with E-state index in [1.165, 1.54) is 30.5 Å². The molecule has 1 heterocycles. The zero-order valence-corrected chi connectivity index (χ0v) is 7.76. The Morgan fingerprint density at radius 3 is 2.92 bits per heavy atom. The Morgan fingerprint density at radius 1 is 1.58 bits per heavy atom. The van der Waals surface area contributed by atoms with E-state index in [2.05, 4.69) is 19.0 Å². The second kappa shape index (κ2) is 2.61. The first-order chi connectivity index (χ1) is 5.76. The summed E-state index contributed by atoms with van der Waals surface area (Å²) in [6, 6.07) is 0. The molecule has 1 aliphatic carbocycles. The molecule has 2 nitrogen and oxygen atoms in total. The first-order valence-corrected chi connectivity index (χ1v) is 4.70. The van der Waals surface area contributed by atoms with Crippen molar-refractivity contribution in [3.63, 3.8) is 0 Å². The minimum absolute atomic E-state index is 0.359. The van der Waals surface area contributed by atoms with Crippen LogP contribution in [0, 0.1) is 0 Å². The summed E-state index contributed by atoms with van der Waals surface area (Å²) in [4.78, 5) is 0. The van der Waals surface area contributed by atoms with Crippen LogP contribution in [0.3, 0.4) is 0 Å². The van der Waals surface area contributed by atoms with Gasteiger partial charge in [0.1, 0.15) is 6.26 Å². The zero-order valence-electron chi connectivity index (χ0n) is 7.76. The second-order valence-electron chi connectivity index (χ2n) is 4.00. The normalized spacial score (nSPS) is 19.5. The van der Waals surface area contributed by atoms with Gasteiger partial charge in [0.15, 0.2) is 0 Å². The summed E-state index contributed by atoms with van der Waals surface area (Å²) in [7, 11) is 0. The lowest BCUT2D eigenvalue weighted by atomic mass is 9.99. The molecule has 0 aromatic carbocycles. The van der Waals surface area contributed by atoms with Gasteiger partial charge in [-0.3, -0.25) is 0 Å². The highest BCUT2D eigenvalue weighted by molar-refractivity contribution is 5.29. The Morgan fingerprint density at radius 2 is 2.33 bits per heavy atom. The van der Waals surface area contributed by atoms with Gasteiger partial charge in [0.2, 0.25) is 0 Å². The van der Waals surface area contributed by atoms with Crippen molar-refractivity contribution in [2.24, 2.45) is 0 Å². The van der Waals surface area contributed by atoms with Crippen molar-refractivity contribution in [3.05, 3.63) is 17.5 Å². The molecule has 1 saturated carbocycles. The van der Waals surface area contributed by atoms with Crippen molar-refractivity contribution in [3.8, 4) is 0 Å². The number of nitrogens with zero attached hydrogens (tertiary/aromatic N) is 1. The van der Waals surface area contributed by atoms with E-state index in [4.69, 9.17) is 4.52 Å². The number of rotatable bonds is 3. The van der Waals surface area contributed by atoms with Gasteiger partial charge in [-0.25, -0.2) is 0 Å². The van der Waals surface area contributed by atoms with Crippen molar-refractivity contribution in [1.29, 1.82) is 0 Å². The minimum Gasteiger partial charge on any atom is -0.364 e. The molecule has 66 valence electrons. The summed E-state index contributed by atoms with van der Waals surface area (Å²) in [5, 5.41) is 4.09. The van der Waals surface area contributed by atoms with E-state index in [0.717, 1.165) is 6.42 Å². The van der Waals surface area contributed by atoms with Crippen molar-refractivity contribution < 1.29 is 4.52 Å². The van der Waals surface area contributed by atoms with Gasteiger partial charge in [0, 0.05) is 11.0 Å². The van der Waals surface area contributed by atoms with E-state index in [1.54, 1.807) is 0 Å². The van der Waals surface area contributed by atoms with Gasteiger partial charge in [-0.05, 0) is 19.3 Å². The Bertz CT molecular complexity index is 273. The summed E-state index contributed by atoms with van der Waals surface area (Å²) in [5.41, 5.74) is 2.89. The summed E-state index contributed by atoms with van der Waals surface area (Å²) < 4.78 is 5.01. The highest BCUT2D eigenvalue weighted by atomic mass is 16.5. The van der Waals surface area contributed by atoms with Gasteiger partial charge in [0.25, 0.3) is 0 Å². The van der Waals surface area contributed by atoms with Crippen LogP contribution in [0.25, 0.3) is 0 Å². The Labute approximate surface area is 72.9 Å². The van der Waals surface area contributed by atoms with Crippen LogP contribution in [0.1, 0.15) is 44.4 Å². The number of aryl methyl sites for hydroxylation is 1. The van der Waals surface area contributed by atoms with Crippen LogP contribution in [0.15, 0.2) is 10.8 Å². The topological polar surface area (TPSA) is 26.0 Å². The van der Waals surface area contributed by atoms with Crippen LogP contribution in [0.2, 0.25) is 0 Å². The highest BCUT2D eigenvalue weighted by Gasteiger charge is 2.43. The molecular formula is C10H15NO. The summed E-state index contributed by atoms with van der Waals surface area (Å²) in [6.07, 6.45) is 6.63. The fourth-order valence-electron chi connectivity index (χ4n) is 1.63. The lowest BCUT2D eigenvalue weighted by Crippen LogP contribution is -2.03. The monoisotopic (exact) mass is 165 g/mol. The summed E-state index contributed by atoms with van der Waals surface area (Å²) >= 11 is 0. The molecule has 0 saturated heterocycles. The molecule has 1 aromatic heterocycles. The van der Waals surface area contributed by atoms with Gasteiger partial charge in [-0.2, -0.15) is 0 Å². The van der Waals surface area contributed by atoms with Gasteiger partial charge >= 0.3 is 0 Å². The van der Waals surface area contributed by atoms with E-state index in [-0.39, 0.29) is 0 Å². The van der Waals surface area contributed by atoms with Crippen LogP contribution in [0.5, 0.6) is 0 Å². The van der Waals surface area contributed by atoms with E-state index in [0.29, 0.717) is 5.41 Å². The van der Waals surface area contributed by atoms with Crippen LogP contribution >= 0.6 is 0 Å². The molecule has 1 aliphatic rings. The molecular weight excluding hydrogens is 150 g/mol. The molecule has 0 N–H and O–H groups in total. The van der Waals surface area contributed by atoms with E-state index in [9.17, 15) is 0 Å². The molecule has 12 heavy (non-hydrogen) atoms. The molecule has 1 fully saturated rings. The van der Waals surface area contributed by atoms with Crippen LogP contribution in [-0.2, 0) is 11.8 Å². The molecule has 2 heteroatoms. The average Bonchev–Trinajstić information content (AvgIpc) is 2.64. The first-order valence-electron chi connectivity index (χ1n) is 4.70. The largest absolute Gasteiger partial charge is 0.364 e. The summed E-state index contributed by atoms with van der Waals surface area (Å²) in [5.74, 6) is 0. The average molecular weight is 165 g/mol. The van der Waals surface area contributed by atoms with Crippen molar-refractivity contribution in [2.75, 3.05) is 0 Å². The molecule has 1 aromatic rings. The molecule has 0 bridgehead atoms. The third-order valence-corrected chi connectivity index (χ3v) is 2.73. The van der Waals surface area contributed by atoms with Gasteiger partial charge < -0.3 is 4.52 Å². The lowest BCUT2D eigenvalue weighted by molar-refractivity contribution is 0.405. The number of aromatic nitrogens is 1. The molecule has 0 spiro atoms. The fourth-order valence-corrected chi connectivity index (χ4v) is 1.63. The number of hydrogen-bond donors (Lipinski definition) is 0. The quantitative estimate of drug-likeness (QED) is 0.688. The second-order valence-corrected chi connectivity index (χ2v) is 4.00. The van der Waals surface area contributed by atoms with Crippen LogP contribution in [-0.4, -0.2) is 5.16 Å². The SMILES string of the molecule is CCCc1conc1C1(C)CC1. The predicted molar refractivity (Wildman–Crippen MR) is 47.1 cm³/mol. The van der Waals surface area contributed by atoms with E-state index in [1.807, 2.05) is 6.26 Å². The maximum Gasteiger partial charge on any atom is 0.127 e. The molecule has 0 aliphatic heterocycles. The van der Waals surface area contributed by atoms with E-state index < -0.39 is 0 Å². The number of hydrogen-bond acceptors (Lipinski definition) is 2.